The standard InChI is InChI=1S/C20H33NO3Si/c1-9-17-18(14(2)24-25(7,8)20(3,4)5)23-19(17)21-15-10-12-16(22-6)13-11-15/h10-14,17-18H,9H2,1-8H3/t14-,17-,18-/m0/s1. The number of benzene rings is 1. The molecule has 0 unspecified atom stereocenters. The first-order valence-electron chi connectivity index (χ1n) is 9.16. The lowest BCUT2D eigenvalue weighted by atomic mass is 9.90. The van der Waals surface area contributed by atoms with E-state index in [2.05, 4.69) is 52.7 Å². The Kier molecular flexibility index (Phi) is 6.00. The Balaban J connectivity index is 2.05. The smallest absolute Gasteiger partial charge is 0.195 e. The van der Waals surface area contributed by atoms with Gasteiger partial charge in [0.2, 0.25) is 0 Å². The molecule has 1 saturated heterocycles. The summed E-state index contributed by atoms with van der Waals surface area (Å²) >= 11 is 0. The summed E-state index contributed by atoms with van der Waals surface area (Å²) in [5.74, 6) is 1.98. The molecule has 0 bridgehead atoms. The Hall–Kier alpha value is -1.33. The van der Waals surface area contributed by atoms with Crippen molar-refractivity contribution in [1.82, 2.24) is 0 Å². The van der Waals surface area contributed by atoms with Gasteiger partial charge in [-0.05, 0) is 55.7 Å². The van der Waals surface area contributed by atoms with Crippen LogP contribution in [0.25, 0.3) is 0 Å². The van der Waals surface area contributed by atoms with Crippen molar-refractivity contribution in [2.24, 2.45) is 10.9 Å². The molecule has 3 atom stereocenters. The highest BCUT2D eigenvalue weighted by atomic mass is 28.4. The third-order valence-corrected chi connectivity index (χ3v) is 10.0. The monoisotopic (exact) mass is 363 g/mol. The van der Waals surface area contributed by atoms with E-state index in [1.807, 2.05) is 24.3 Å². The van der Waals surface area contributed by atoms with Crippen molar-refractivity contribution < 1.29 is 13.9 Å². The molecule has 1 fully saturated rings. The summed E-state index contributed by atoms with van der Waals surface area (Å²) in [6.45, 7) is 15.7. The Morgan fingerprint density at radius 2 is 1.80 bits per heavy atom. The van der Waals surface area contributed by atoms with Crippen LogP contribution < -0.4 is 4.74 Å². The van der Waals surface area contributed by atoms with Gasteiger partial charge >= 0.3 is 0 Å². The van der Waals surface area contributed by atoms with Crippen molar-refractivity contribution >= 4 is 19.9 Å². The van der Waals surface area contributed by atoms with E-state index in [4.69, 9.17) is 13.9 Å². The van der Waals surface area contributed by atoms with Crippen molar-refractivity contribution in [3.8, 4) is 5.75 Å². The SMILES string of the molecule is CC[C@@H]1C(=Nc2ccc(OC)cc2)O[C@H]1[C@H](C)O[Si](C)(C)C(C)(C)C. The molecule has 1 aliphatic heterocycles. The Morgan fingerprint density at radius 3 is 2.28 bits per heavy atom. The molecule has 0 aromatic heterocycles. The Labute approximate surface area is 153 Å². The molecule has 2 rings (SSSR count). The second kappa shape index (κ2) is 7.50. The first-order chi connectivity index (χ1) is 11.6. The molecule has 0 amide bonds. The van der Waals surface area contributed by atoms with Crippen LogP contribution in [-0.4, -0.2) is 33.5 Å². The van der Waals surface area contributed by atoms with Crippen LogP contribution in [0.15, 0.2) is 29.3 Å². The lowest BCUT2D eigenvalue weighted by Crippen LogP contribution is -2.55. The van der Waals surface area contributed by atoms with E-state index in [1.54, 1.807) is 7.11 Å². The Bertz CT molecular complexity index is 604. The van der Waals surface area contributed by atoms with Crippen LogP contribution in [0.3, 0.4) is 0 Å². The second-order valence-electron chi connectivity index (χ2n) is 8.33. The fourth-order valence-corrected chi connectivity index (χ4v) is 4.23. The van der Waals surface area contributed by atoms with Gasteiger partial charge < -0.3 is 13.9 Å². The van der Waals surface area contributed by atoms with Gasteiger partial charge in [0.05, 0.1) is 24.8 Å². The van der Waals surface area contributed by atoms with Crippen LogP contribution in [-0.2, 0) is 9.16 Å². The molecule has 25 heavy (non-hydrogen) atoms. The average Bonchev–Trinajstić information content (AvgIpc) is 2.50. The third-order valence-electron chi connectivity index (χ3n) is 5.47. The molecule has 140 valence electrons. The second-order valence-corrected chi connectivity index (χ2v) is 13.1. The first kappa shape index (κ1) is 20.0. The van der Waals surface area contributed by atoms with Gasteiger partial charge in [0, 0.05) is 0 Å². The summed E-state index contributed by atoms with van der Waals surface area (Å²) in [5.41, 5.74) is 0.894. The predicted octanol–water partition coefficient (Wildman–Crippen LogP) is 5.56. The number of methoxy groups -OCH3 is 1. The minimum absolute atomic E-state index is 0.0839. The fourth-order valence-electron chi connectivity index (χ4n) is 2.81. The van der Waals surface area contributed by atoms with Crippen molar-refractivity contribution in [2.45, 2.75) is 71.4 Å². The molecule has 1 aromatic carbocycles. The van der Waals surface area contributed by atoms with Gasteiger partial charge in [-0.2, -0.15) is 0 Å². The quantitative estimate of drug-likeness (QED) is 0.621. The van der Waals surface area contributed by atoms with Crippen molar-refractivity contribution in [2.75, 3.05) is 7.11 Å². The molecular formula is C20H33NO3Si. The van der Waals surface area contributed by atoms with Crippen LogP contribution in [0.2, 0.25) is 18.1 Å². The summed E-state index contributed by atoms with van der Waals surface area (Å²) in [5, 5.41) is 0.201. The molecule has 0 aliphatic carbocycles. The van der Waals surface area contributed by atoms with Crippen molar-refractivity contribution in [3.05, 3.63) is 24.3 Å². The van der Waals surface area contributed by atoms with Crippen molar-refractivity contribution in [1.29, 1.82) is 0 Å². The molecule has 1 heterocycles. The number of nitrogens with zero attached hydrogens (tertiary/aromatic N) is 1. The van der Waals surface area contributed by atoms with Crippen molar-refractivity contribution in [3.63, 3.8) is 0 Å². The van der Waals surface area contributed by atoms with Gasteiger partial charge in [-0.15, -0.1) is 0 Å². The van der Waals surface area contributed by atoms with E-state index in [-0.39, 0.29) is 17.2 Å². The minimum Gasteiger partial charge on any atom is -0.497 e. The van der Waals surface area contributed by atoms with Gasteiger partial charge in [-0.3, -0.25) is 0 Å². The maximum absolute atomic E-state index is 6.51. The first-order valence-corrected chi connectivity index (χ1v) is 12.1. The van der Waals surface area contributed by atoms with E-state index in [1.165, 1.54) is 0 Å². The van der Waals surface area contributed by atoms with E-state index < -0.39 is 8.32 Å². The zero-order valence-corrected chi connectivity index (χ0v) is 17.9. The summed E-state index contributed by atoms with van der Waals surface area (Å²) in [6, 6.07) is 7.73. The summed E-state index contributed by atoms with van der Waals surface area (Å²) < 4.78 is 17.7. The molecule has 0 N–H and O–H groups in total. The predicted molar refractivity (Wildman–Crippen MR) is 106 cm³/mol. The fraction of sp³-hybridized carbons (Fsp3) is 0.650. The highest BCUT2D eigenvalue weighted by Gasteiger charge is 2.46. The van der Waals surface area contributed by atoms with E-state index in [0.717, 1.165) is 23.8 Å². The largest absolute Gasteiger partial charge is 0.497 e. The van der Waals surface area contributed by atoms with Crippen LogP contribution in [0.5, 0.6) is 5.75 Å². The third kappa shape index (κ3) is 4.45. The minimum atomic E-state index is -1.80. The lowest BCUT2D eigenvalue weighted by Gasteiger charge is -2.46. The molecule has 4 nitrogen and oxygen atoms in total. The van der Waals surface area contributed by atoms with Gasteiger partial charge in [0.1, 0.15) is 11.9 Å². The van der Waals surface area contributed by atoms with Crippen LogP contribution in [0.1, 0.15) is 41.0 Å². The Morgan fingerprint density at radius 1 is 1.20 bits per heavy atom. The molecule has 0 spiro atoms. The number of hydrogen-bond acceptors (Lipinski definition) is 4. The maximum Gasteiger partial charge on any atom is 0.195 e. The average molecular weight is 364 g/mol. The normalized spacial score (nSPS) is 23.8. The molecule has 0 saturated carbocycles. The van der Waals surface area contributed by atoms with Gasteiger partial charge in [-0.1, -0.05) is 27.7 Å². The number of ether oxygens (including phenoxy) is 2. The van der Waals surface area contributed by atoms with Gasteiger partial charge in [-0.25, -0.2) is 4.99 Å². The number of hydrogen-bond donors (Lipinski definition) is 0. The van der Waals surface area contributed by atoms with Gasteiger partial charge in [0.25, 0.3) is 0 Å². The zero-order valence-electron chi connectivity index (χ0n) is 16.9. The summed E-state index contributed by atoms with van der Waals surface area (Å²) in [4.78, 5) is 4.66. The lowest BCUT2D eigenvalue weighted by molar-refractivity contribution is -0.0323. The van der Waals surface area contributed by atoms with E-state index >= 15 is 0 Å². The maximum atomic E-state index is 6.51. The molecule has 1 aliphatic rings. The van der Waals surface area contributed by atoms with E-state index in [0.29, 0.717) is 5.92 Å². The van der Waals surface area contributed by atoms with Gasteiger partial charge in [0.15, 0.2) is 14.2 Å². The highest BCUT2D eigenvalue weighted by molar-refractivity contribution is 6.74. The van der Waals surface area contributed by atoms with E-state index in [9.17, 15) is 0 Å². The number of aliphatic imine (C=N–C) groups is 1. The molecule has 0 radical (unpaired) electrons. The highest BCUT2D eigenvalue weighted by Crippen LogP contribution is 2.40. The van der Waals surface area contributed by atoms with Crippen LogP contribution in [0, 0.1) is 5.92 Å². The number of rotatable bonds is 6. The molecule has 1 aromatic rings. The summed E-state index contributed by atoms with van der Waals surface area (Å²) in [6.07, 6.45) is 1.18. The van der Waals surface area contributed by atoms with Crippen LogP contribution in [0.4, 0.5) is 5.69 Å². The topological polar surface area (TPSA) is 40.0 Å². The zero-order chi connectivity index (χ0) is 18.8. The van der Waals surface area contributed by atoms with Crippen LogP contribution >= 0.6 is 0 Å². The summed E-state index contributed by atoms with van der Waals surface area (Å²) in [7, 11) is -0.132. The molecule has 5 heteroatoms. The molecular weight excluding hydrogens is 330 g/mol.